The second kappa shape index (κ2) is 6.14. The van der Waals surface area contributed by atoms with Crippen molar-refractivity contribution in [1.29, 1.82) is 0 Å². The van der Waals surface area contributed by atoms with E-state index in [2.05, 4.69) is 29.2 Å². The Morgan fingerprint density at radius 3 is 2.89 bits per heavy atom. The molecule has 0 spiro atoms. The van der Waals surface area contributed by atoms with Crippen molar-refractivity contribution in [3.8, 4) is 0 Å². The number of hydrogen-bond donors (Lipinski definition) is 1. The molecular formula is C14H22FN3. The number of aromatic nitrogens is 1. The molecule has 1 saturated carbocycles. The quantitative estimate of drug-likeness (QED) is 0.788. The predicted octanol–water partition coefficient (Wildman–Crippen LogP) is 2.71. The Morgan fingerprint density at radius 2 is 2.28 bits per heavy atom. The molecule has 0 aliphatic heterocycles. The van der Waals surface area contributed by atoms with E-state index < -0.39 is 0 Å². The van der Waals surface area contributed by atoms with Crippen LogP contribution in [-0.4, -0.2) is 24.6 Å². The van der Waals surface area contributed by atoms with Crippen molar-refractivity contribution in [2.24, 2.45) is 0 Å². The Kier molecular flexibility index (Phi) is 4.53. The maximum Gasteiger partial charge on any atom is 0.141 e. The second-order valence-electron chi connectivity index (χ2n) is 5.01. The summed E-state index contributed by atoms with van der Waals surface area (Å²) in [4.78, 5) is 6.47. The fourth-order valence-electron chi connectivity index (χ4n) is 2.27. The number of anilines is 1. The van der Waals surface area contributed by atoms with Gasteiger partial charge in [0.05, 0.1) is 6.20 Å². The Bertz CT molecular complexity index is 391. The van der Waals surface area contributed by atoms with Crippen LogP contribution in [0.2, 0.25) is 0 Å². The highest BCUT2D eigenvalue weighted by atomic mass is 19.1. The summed E-state index contributed by atoms with van der Waals surface area (Å²) in [6.07, 6.45) is 6.12. The standard InChI is InChI=1S/C14H22FN3/c1-3-7-16-9-11-8-12(15)10-17-14(11)18(2)13-5-4-6-13/h8,10,13,16H,3-7,9H2,1-2H3. The molecule has 1 heterocycles. The van der Waals surface area contributed by atoms with Gasteiger partial charge in [-0.15, -0.1) is 0 Å². The molecule has 1 aromatic heterocycles. The minimum absolute atomic E-state index is 0.256. The van der Waals surface area contributed by atoms with Crippen LogP contribution in [-0.2, 0) is 6.54 Å². The highest BCUT2D eigenvalue weighted by Crippen LogP contribution is 2.29. The Balaban J connectivity index is 2.11. The lowest BCUT2D eigenvalue weighted by Crippen LogP contribution is -2.38. The fourth-order valence-corrected chi connectivity index (χ4v) is 2.27. The third-order valence-electron chi connectivity index (χ3n) is 3.61. The molecule has 1 aliphatic carbocycles. The van der Waals surface area contributed by atoms with Crippen LogP contribution in [0.1, 0.15) is 38.2 Å². The van der Waals surface area contributed by atoms with Crippen LogP contribution in [0, 0.1) is 5.82 Å². The second-order valence-corrected chi connectivity index (χ2v) is 5.01. The van der Waals surface area contributed by atoms with E-state index in [1.54, 1.807) is 6.07 Å². The molecule has 1 fully saturated rings. The summed E-state index contributed by atoms with van der Waals surface area (Å²) in [6.45, 7) is 3.76. The van der Waals surface area contributed by atoms with Crippen molar-refractivity contribution >= 4 is 5.82 Å². The molecule has 0 bridgehead atoms. The molecule has 0 radical (unpaired) electrons. The summed E-state index contributed by atoms with van der Waals surface area (Å²) in [5.74, 6) is 0.666. The van der Waals surface area contributed by atoms with Crippen LogP contribution >= 0.6 is 0 Å². The zero-order chi connectivity index (χ0) is 13.0. The number of nitrogens with one attached hydrogen (secondary N) is 1. The summed E-state index contributed by atoms with van der Waals surface area (Å²) in [5, 5.41) is 3.32. The Labute approximate surface area is 108 Å². The van der Waals surface area contributed by atoms with Gasteiger partial charge in [0.2, 0.25) is 0 Å². The summed E-state index contributed by atoms with van der Waals surface area (Å²) in [7, 11) is 2.06. The van der Waals surface area contributed by atoms with Crippen molar-refractivity contribution in [2.75, 3.05) is 18.5 Å². The van der Waals surface area contributed by atoms with E-state index in [1.807, 2.05) is 0 Å². The van der Waals surface area contributed by atoms with Crippen molar-refractivity contribution in [3.63, 3.8) is 0 Å². The molecule has 1 N–H and O–H groups in total. The third-order valence-corrected chi connectivity index (χ3v) is 3.61. The topological polar surface area (TPSA) is 28.2 Å². The van der Waals surface area contributed by atoms with Crippen LogP contribution in [0.25, 0.3) is 0 Å². The molecule has 0 unspecified atom stereocenters. The highest BCUT2D eigenvalue weighted by Gasteiger charge is 2.24. The summed E-state index contributed by atoms with van der Waals surface area (Å²) in [6, 6.07) is 2.17. The number of halogens is 1. The SMILES string of the molecule is CCCNCc1cc(F)cnc1N(C)C1CCC1. The van der Waals surface area contributed by atoms with E-state index in [-0.39, 0.29) is 5.82 Å². The van der Waals surface area contributed by atoms with E-state index in [4.69, 9.17) is 0 Å². The van der Waals surface area contributed by atoms with Gasteiger partial charge >= 0.3 is 0 Å². The van der Waals surface area contributed by atoms with Gasteiger partial charge in [0.15, 0.2) is 0 Å². The van der Waals surface area contributed by atoms with Gasteiger partial charge < -0.3 is 10.2 Å². The van der Waals surface area contributed by atoms with Gasteiger partial charge in [-0.1, -0.05) is 6.92 Å². The number of rotatable bonds is 6. The van der Waals surface area contributed by atoms with Crippen molar-refractivity contribution in [3.05, 3.63) is 23.6 Å². The maximum atomic E-state index is 13.3. The lowest BCUT2D eigenvalue weighted by atomic mass is 9.91. The van der Waals surface area contributed by atoms with E-state index >= 15 is 0 Å². The van der Waals surface area contributed by atoms with Crippen LogP contribution < -0.4 is 10.2 Å². The first kappa shape index (κ1) is 13.3. The van der Waals surface area contributed by atoms with Crippen molar-refractivity contribution < 1.29 is 4.39 Å². The van der Waals surface area contributed by atoms with Crippen LogP contribution in [0.5, 0.6) is 0 Å². The fraction of sp³-hybridized carbons (Fsp3) is 0.643. The van der Waals surface area contributed by atoms with Crippen molar-refractivity contribution in [2.45, 2.75) is 45.2 Å². The predicted molar refractivity (Wildman–Crippen MR) is 72.2 cm³/mol. The van der Waals surface area contributed by atoms with Gasteiger partial charge in [-0.05, 0) is 38.3 Å². The molecule has 100 valence electrons. The number of pyridine rings is 1. The molecule has 0 amide bonds. The minimum Gasteiger partial charge on any atom is -0.356 e. The van der Waals surface area contributed by atoms with E-state index in [0.29, 0.717) is 12.6 Å². The van der Waals surface area contributed by atoms with Gasteiger partial charge in [0, 0.05) is 25.2 Å². The zero-order valence-electron chi connectivity index (χ0n) is 11.2. The van der Waals surface area contributed by atoms with E-state index in [9.17, 15) is 4.39 Å². The molecule has 2 rings (SSSR count). The Hall–Kier alpha value is -1.16. The summed E-state index contributed by atoms with van der Waals surface area (Å²) >= 11 is 0. The molecule has 1 aliphatic rings. The molecule has 1 aromatic rings. The largest absolute Gasteiger partial charge is 0.356 e. The average Bonchev–Trinajstić information content (AvgIpc) is 2.27. The number of nitrogens with zero attached hydrogens (tertiary/aromatic N) is 2. The first-order valence-electron chi connectivity index (χ1n) is 6.80. The molecule has 4 heteroatoms. The normalized spacial score (nSPS) is 15.5. The highest BCUT2D eigenvalue weighted by molar-refractivity contribution is 5.47. The van der Waals surface area contributed by atoms with Gasteiger partial charge in [-0.25, -0.2) is 9.37 Å². The van der Waals surface area contributed by atoms with Crippen LogP contribution in [0.4, 0.5) is 10.2 Å². The molecule has 0 atom stereocenters. The van der Waals surface area contributed by atoms with Crippen LogP contribution in [0.15, 0.2) is 12.3 Å². The smallest absolute Gasteiger partial charge is 0.141 e. The van der Waals surface area contributed by atoms with Gasteiger partial charge in [-0.3, -0.25) is 0 Å². The van der Waals surface area contributed by atoms with Crippen molar-refractivity contribution in [1.82, 2.24) is 10.3 Å². The van der Waals surface area contributed by atoms with Crippen LogP contribution in [0.3, 0.4) is 0 Å². The minimum atomic E-state index is -0.256. The molecular weight excluding hydrogens is 229 g/mol. The van der Waals surface area contributed by atoms with E-state index in [0.717, 1.165) is 24.3 Å². The van der Waals surface area contributed by atoms with E-state index in [1.165, 1.54) is 25.5 Å². The third kappa shape index (κ3) is 2.99. The molecule has 3 nitrogen and oxygen atoms in total. The summed E-state index contributed by atoms with van der Waals surface area (Å²) in [5.41, 5.74) is 0.956. The van der Waals surface area contributed by atoms with Gasteiger partial charge in [-0.2, -0.15) is 0 Å². The maximum absolute atomic E-state index is 13.3. The molecule has 0 saturated heterocycles. The Morgan fingerprint density at radius 1 is 1.50 bits per heavy atom. The lowest BCUT2D eigenvalue weighted by molar-refractivity contribution is 0.398. The zero-order valence-corrected chi connectivity index (χ0v) is 11.2. The lowest BCUT2D eigenvalue weighted by Gasteiger charge is -2.36. The molecule has 0 aromatic carbocycles. The summed E-state index contributed by atoms with van der Waals surface area (Å²) < 4.78 is 13.3. The average molecular weight is 251 g/mol. The monoisotopic (exact) mass is 251 g/mol. The number of hydrogen-bond acceptors (Lipinski definition) is 3. The molecule has 18 heavy (non-hydrogen) atoms. The first-order chi connectivity index (χ1) is 8.72. The van der Waals surface area contributed by atoms with Gasteiger partial charge in [0.25, 0.3) is 0 Å². The van der Waals surface area contributed by atoms with Gasteiger partial charge in [0.1, 0.15) is 11.6 Å². The first-order valence-corrected chi connectivity index (χ1v) is 6.80.